The summed E-state index contributed by atoms with van der Waals surface area (Å²) in [6.45, 7) is 2.17. The second-order valence-electron chi connectivity index (χ2n) is 9.62. The maximum atomic E-state index is 13.7. The summed E-state index contributed by atoms with van der Waals surface area (Å²) in [6, 6.07) is 12.9. The first-order valence-electron chi connectivity index (χ1n) is 12.0. The molecule has 0 amide bonds. The third-order valence-electron chi connectivity index (χ3n) is 7.34. The molecule has 37 heavy (non-hydrogen) atoms. The molecule has 2 aromatic heterocycles. The average Bonchev–Trinajstić information content (AvgIpc) is 3.57. The van der Waals surface area contributed by atoms with Crippen LogP contribution in [0.5, 0.6) is 0 Å². The van der Waals surface area contributed by atoms with E-state index < -0.39 is 21.5 Å². The molecule has 1 aliphatic carbocycles. The Bertz CT molecular complexity index is 1600. The van der Waals surface area contributed by atoms with Crippen LogP contribution in [0, 0.1) is 18.2 Å². The third kappa shape index (κ3) is 3.92. The van der Waals surface area contributed by atoms with Gasteiger partial charge in [0.25, 0.3) is 0 Å². The molecule has 3 heterocycles. The summed E-state index contributed by atoms with van der Waals surface area (Å²) in [5, 5.41) is 16.1. The van der Waals surface area contributed by atoms with Gasteiger partial charge in [-0.3, -0.25) is 0 Å². The zero-order chi connectivity index (χ0) is 25.8. The largest absolute Gasteiger partial charge is 0.446 e. The molecular weight excluding hydrogens is 495 g/mol. The van der Waals surface area contributed by atoms with Crippen LogP contribution in [-0.2, 0) is 16.4 Å². The predicted octanol–water partition coefficient (Wildman–Crippen LogP) is 4.06. The van der Waals surface area contributed by atoms with Gasteiger partial charge >= 0.3 is 0 Å². The summed E-state index contributed by atoms with van der Waals surface area (Å²) in [5.74, 6) is -0.200. The minimum Gasteiger partial charge on any atom is -0.446 e. The molecule has 0 bridgehead atoms. The molecule has 0 radical (unpaired) electrons. The van der Waals surface area contributed by atoms with Gasteiger partial charge in [0.2, 0.25) is 15.9 Å². The second-order valence-corrected chi connectivity index (χ2v) is 11.6. The van der Waals surface area contributed by atoms with Crippen molar-refractivity contribution in [1.82, 2.24) is 19.1 Å². The van der Waals surface area contributed by atoms with Gasteiger partial charge in [-0.1, -0.05) is 17.7 Å². The molecule has 1 saturated heterocycles. The molecule has 1 unspecified atom stereocenters. The van der Waals surface area contributed by atoms with Crippen molar-refractivity contribution >= 4 is 16.1 Å². The smallest absolute Gasteiger partial charge is 0.243 e. The van der Waals surface area contributed by atoms with Crippen molar-refractivity contribution in [2.45, 2.75) is 30.8 Å². The number of piperidine rings is 1. The lowest BCUT2D eigenvalue weighted by Gasteiger charge is -2.47. The quantitative estimate of drug-likeness (QED) is 0.426. The van der Waals surface area contributed by atoms with Crippen LogP contribution in [0.3, 0.4) is 0 Å². The van der Waals surface area contributed by atoms with Crippen LogP contribution >= 0.6 is 0 Å². The van der Waals surface area contributed by atoms with E-state index in [4.69, 9.17) is 4.42 Å². The number of hydrogen-bond donors (Lipinski definition) is 1. The predicted molar refractivity (Wildman–Crippen MR) is 134 cm³/mol. The van der Waals surface area contributed by atoms with Gasteiger partial charge in [-0.15, -0.1) is 0 Å². The fourth-order valence-electron chi connectivity index (χ4n) is 5.44. The van der Waals surface area contributed by atoms with E-state index in [1.165, 1.54) is 28.9 Å². The van der Waals surface area contributed by atoms with Gasteiger partial charge < -0.3 is 9.52 Å². The minimum absolute atomic E-state index is 0.0554. The van der Waals surface area contributed by atoms with Crippen LogP contribution in [0.4, 0.5) is 4.39 Å². The Morgan fingerprint density at radius 3 is 2.73 bits per heavy atom. The van der Waals surface area contributed by atoms with Crippen LogP contribution in [0.2, 0.25) is 0 Å². The Kier molecular flexibility index (Phi) is 5.63. The molecule has 1 aliphatic heterocycles. The Morgan fingerprint density at radius 1 is 1.19 bits per heavy atom. The van der Waals surface area contributed by atoms with Crippen molar-refractivity contribution < 1.29 is 22.3 Å². The lowest BCUT2D eigenvalue weighted by atomic mass is 9.65. The van der Waals surface area contributed by atoms with Crippen molar-refractivity contribution in [2.75, 3.05) is 13.1 Å². The molecule has 1 N–H and O–H groups in total. The minimum atomic E-state index is -3.81. The van der Waals surface area contributed by atoms with E-state index in [9.17, 15) is 17.9 Å². The zero-order valence-electron chi connectivity index (χ0n) is 20.1. The number of benzene rings is 2. The Morgan fingerprint density at radius 2 is 2.00 bits per heavy atom. The van der Waals surface area contributed by atoms with E-state index in [2.05, 4.69) is 10.1 Å². The third-order valence-corrected chi connectivity index (χ3v) is 9.18. The lowest BCUT2D eigenvalue weighted by molar-refractivity contribution is 0.00331. The first kappa shape index (κ1) is 23.8. The van der Waals surface area contributed by atoms with Crippen molar-refractivity contribution in [3.8, 4) is 5.69 Å². The molecule has 190 valence electrons. The normalized spacial score (nSPS) is 20.7. The van der Waals surface area contributed by atoms with Crippen molar-refractivity contribution in [3.63, 3.8) is 0 Å². The maximum Gasteiger partial charge on any atom is 0.243 e. The first-order valence-corrected chi connectivity index (χ1v) is 13.4. The molecule has 2 atom stereocenters. The van der Waals surface area contributed by atoms with E-state index >= 15 is 0 Å². The van der Waals surface area contributed by atoms with Gasteiger partial charge in [-0.2, -0.15) is 9.40 Å². The van der Waals surface area contributed by atoms with Gasteiger partial charge in [0.05, 0.1) is 28.7 Å². The SMILES string of the molecule is Cc1cccc(S(=O)(=O)N2CCC3=Cc4c(cnn4-c4ccc(F)cc4)CC3([C@H](O)c3ncco3)C2)c1. The highest BCUT2D eigenvalue weighted by atomic mass is 32.2. The topological polar surface area (TPSA) is 101 Å². The number of aliphatic hydroxyl groups excluding tert-OH is 1. The van der Waals surface area contributed by atoms with Crippen LogP contribution in [0.25, 0.3) is 11.8 Å². The molecule has 2 aromatic carbocycles. The molecular formula is C27H25FN4O4S. The number of hydrogen-bond acceptors (Lipinski definition) is 6. The summed E-state index contributed by atoms with van der Waals surface area (Å²) in [4.78, 5) is 4.41. The summed E-state index contributed by atoms with van der Waals surface area (Å²) in [6.07, 6.45) is 6.11. The molecule has 4 aromatic rings. The van der Waals surface area contributed by atoms with E-state index in [1.807, 2.05) is 19.1 Å². The van der Waals surface area contributed by atoms with Crippen LogP contribution in [0.1, 0.15) is 35.2 Å². The maximum absolute atomic E-state index is 13.7. The Labute approximate surface area is 213 Å². The molecule has 6 rings (SSSR count). The van der Waals surface area contributed by atoms with Gasteiger partial charge in [0, 0.05) is 18.5 Å². The lowest BCUT2D eigenvalue weighted by Crippen LogP contribution is -2.52. The highest BCUT2D eigenvalue weighted by Gasteiger charge is 2.52. The number of oxazole rings is 1. The number of rotatable bonds is 5. The van der Waals surface area contributed by atoms with Gasteiger partial charge in [-0.25, -0.2) is 22.5 Å². The van der Waals surface area contributed by atoms with Crippen molar-refractivity contribution in [2.24, 2.45) is 5.41 Å². The zero-order valence-corrected chi connectivity index (χ0v) is 20.9. The van der Waals surface area contributed by atoms with Crippen molar-refractivity contribution in [3.05, 3.63) is 101 Å². The van der Waals surface area contributed by atoms with Gasteiger partial charge in [0.1, 0.15) is 18.2 Å². The number of aryl methyl sites for hydroxylation is 1. The Hall–Kier alpha value is -3.60. The number of aliphatic hydroxyl groups is 1. The summed E-state index contributed by atoms with van der Waals surface area (Å²) >= 11 is 0. The van der Waals surface area contributed by atoms with Crippen molar-refractivity contribution in [1.29, 1.82) is 0 Å². The highest BCUT2D eigenvalue weighted by molar-refractivity contribution is 7.89. The average molecular weight is 521 g/mol. The van der Waals surface area contributed by atoms with E-state index in [-0.39, 0.29) is 29.7 Å². The van der Waals surface area contributed by atoms with E-state index in [0.717, 1.165) is 22.4 Å². The number of halogens is 1. The number of aromatic nitrogens is 3. The summed E-state index contributed by atoms with van der Waals surface area (Å²) in [5.41, 5.74) is 3.12. The molecule has 10 heteroatoms. The standard InChI is InChI=1S/C27H25FN4O4S/c1-18-3-2-4-23(13-18)37(34,35)31-11-9-20-14-24-19(16-30-32(24)22-7-5-21(28)6-8-22)15-27(20,17-31)25(33)26-29-10-12-36-26/h2-8,10,12-14,16,25,33H,9,11,15,17H2,1H3/t25-,27?/m1/s1. The van der Waals surface area contributed by atoms with Gasteiger partial charge in [0.15, 0.2) is 0 Å². The first-order chi connectivity index (χ1) is 17.8. The molecule has 0 spiro atoms. The van der Waals surface area contributed by atoms with E-state index in [0.29, 0.717) is 18.5 Å². The fraction of sp³-hybridized carbons (Fsp3) is 0.259. The summed E-state index contributed by atoms with van der Waals surface area (Å²) < 4.78 is 49.5. The van der Waals surface area contributed by atoms with Crippen LogP contribution in [0.15, 0.2) is 82.1 Å². The summed E-state index contributed by atoms with van der Waals surface area (Å²) in [7, 11) is -3.81. The number of fused-ring (bicyclic) bond motifs is 2. The number of sulfonamides is 1. The monoisotopic (exact) mass is 520 g/mol. The molecule has 0 saturated carbocycles. The van der Waals surface area contributed by atoms with E-state index in [1.54, 1.807) is 41.2 Å². The van der Waals surface area contributed by atoms with Crippen LogP contribution in [-0.4, -0.2) is 45.7 Å². The molecule has 8 nitrogen and oxygen atoms in total. The molecule has 1 fully saturated rings. The Balaban J connectivity index is 1.44. The fourth-order valence-corrected chi connectivity index (χ4v) is 7.06. The van der Waals surface area contributed by atoms with Crippen LogP contribution < -0.4 is 0 Å². The highest BCUT2D eigenvalue weighted by Crippen LogP contribution is 2.52. The molecule has 2 aliphatic rings. The second kappa shape index (κ2) is 8.76. The number of nitrogens with zero attached hydrogens (tertiary/aromatic N) is 4. The van der Waals surface area contributed by atoms with Gasteiger partial charge in [-0.05, 0) is 73.4 Å².